The van der Waals surface area contributed by atoms with E-state index in [1.165, 1.54) is 0 Å². The summed E-state index contributed by atoms with van der Waals surface area (Å²) in [5.41, 5.74) is 6.03. The minimum Gasteiger partial charge on any atom is -0.494 e. The molecule has 3 N–H and O–H groups in total. The Hall–Kier alpha value is -1.82. The molecule has 0 aliphatic heterocycles. The Morgan fingerprint density at radius 2 is 2.37 bits per heavy atom. The van der Waals surface area contributed by atoms with Crippen molar-refractivity contribution in [2.75, 3.05) is 18.5 Å². The number of anilines is 1. The van der Waals surface area contributed by atoms with E-state index in [9.17, 15) is 4.79 Å². The van der Waals surface area contributed by atoms with Gasteiger partial charge in [-0.05, 0) is 31.5 Å². The van der Waals surface area contributed by atoms with Crippen LogP contribution in [-0.2, 0) is 4.79 Å². The minimum atomic E-state index is -0.271. The summed E-state index contributed by atoms with van der Waals surface area (Å²) < 4.78 is 6.54. The highest BCUT2D eigenvalue weighted by atomic mass is 32.1. The van der Waals surface area contributed by atoms with Gasteiger partial charge in [-0.2, -0.15) is 0 Å². The van der Waals surface area contributed by atoms with Crippen LogP contribution in [0.2, 0.25) is 0 Å². The predicted molar refractivity (Wildman–Crippen MR) is 77.7 cm³/mol. The van der Waals surface area contributed by atoms with Gasteiger partial charge in [0.2, 0.25) is 5.91 Å². The molecule has 2 aromatic rings. The first-order chi connectivity index (χ1) is 9.19. The Kier molecular flexibility index (Phi) is 4.57. The average Bonchev–Trinajstić information content (AvgIpc) is 2.77. The summed E-state index contributed by atoms with van der Waals surface area (Å²) in [5, 5.41) is 4.05. The summed E-state index contributed by atoms with van der Waals surface area (Å²) in [6.45, 7) is 3.31. The largest absolute Gasteiger partial charge is 0.494 e. The number of rotatable bonds is 7. The summed E-state index contributed by atoms with van der Waals surface area (Å²) >= 11 is 1.58. The second-order valence-electron chi connectivity index (χ2n) is 4.08. The first kappa shape index (κ1) is 13.6. The van der Waals surface area contributed by atoms with Crippen LogP contribution in [0, 0.1) is 0 Å². The van der Waals surface area contributed by atoms with Crippen molar-refractivity contribution >= 4 is 32.6 Å². The van der Waals surface area contributed by atoms with Gasteiger partial charge in [0.1, 0.15) is 5.75 Å². The lowest BCUT2D eigenvalue weighted by Crippen LogP contribution is -2.12. The zero-order chi connectivity index (χ0) is 13.7. The second-order valence-corrected chi connectivity index (χ2v) is 5.11. The van der Waals surface area contributed by atoms with Gasteiger partial charge >= 0.3 is 0 Å². The molecule has 0 fully saturated rings. The van der Waals surface area contributed by atoms with Crippen molar-refractivity contribution in [1.82, 2.24) is 4.98 Å². The van der Waals surface area contributed by atoms with E-state index in [4.69, 9.17) is 10.5 Å². The van der Waals surface area contributed by atoms with E-state index in [2.05, 4.69) is 10.3 Å². The van der Waals surface area contributed by atoms with Crippen LogP contribution >= 0.6 is 11.3 Å². The lowest BCUT2D eigenvalue weighted by Gasteiger charge is -2.00. The van der Waals surface area contributed by atoms with Crippen LogP contribution in [0.3, 0.4) is 0 Å². The van der Waals surface area contributed by atoms with Crippen LogP contribution < -0.4 is 15.8 Å². The second kappa shape index (κ2) is 6.38. The Bertz CT molecular complexity index is 568. The van der Waals surface area contributed by atoms with Gasteiger partial charge in [0.05, 0.1) is 16.8 Å². The van der Waals surface area contributed by atoms with E-state index in [0.717, 1.165) is 27.5 Å². The molecule has 2 rings (SSSR count). The molecular weight excluding hydrogens is 262 g/mol. The summed E-state index contributed by atoms with van der Waals surface area (Å²) in [5.74, 6) is 0.589. The zero-order valence-electron chi connectivity index (χ0n) is 10.8. The van der Waals surface area contributed by atoms with Crippen molar-refractivity contribution < 1.29 is 9.53 Å². The number of amides is 1. The van der Waals surface area contributed by atoms with Gasteiger partial charge in [-0.3, -0.25) is 4.79 Å². The Morgan fingerprint density at radius 3 is 3.11 bits per heavy atom. The molecule has 0 aliphatic carbocycles. The summed E-state index contributed by atoms with van der Waals surface area (Å²) in [4.78, 5) is 15.1. The number of nitrogens with zero attached hydrogens (tertiary/aromatic N) is 1. The number of benzene rings is 1. The third-order valence-electron chi connectivity index (χ3n) is 2.55. The van der Waals surface area contributed by atoms with Crippen molar-refractivity contribution in [2.45, 2.75) is 19.8 Å². The van der Waals surface area contributed by atoms with Gasteiger partial charge in [-0.25, -0.2) is 4.98 Å². The van der Waals surface area contributed by atoms with Crippen LogP contribution in [0.15, 0.2) is 18.2 Å². The fourth-order valence-corrected chi connectivity index (χ4v) is 2.61. The van der Waals surface area contributed by atoms with Crippen LogP contribution in [0.1, 0.15) is 19.8 Å². The fourth-order valence-electron chi connectivity index (χ4n) is 1.69. The maximum absolute atomic E-state index is 10.6. The highest BCUT2D eigenvalue weighted by molar-refractivity contribution is 7.22. The predicted octanol–water partition coefficient (Wildman–Crippen LogP) is 2.37. The van der Waals surface area contributed by atoms with Crippen molar-refractivity contribution in [2.24, 2.45) is 5.73 Å². The number of primary amides is 1. The summed E-state index contributed by atoms with van der Waals surface area (Å²) in [7, 11) is 0. The molecule has 1 heterocycles. The maximum atomic E-state index is 10.6. The molecule has 0 atom stereocenters. The van der Waals surface area contributed by atoms with Crippen LogP contribution in [0.25, 0.3) is 10.2 Å². The fraction of sp³-hybridized carbons (Fsp3) is 0.385. The van der Waals surface area contributed by atoms with Gasteiger partial charge < -0.3 is 15.8 Å². The van der Waals surface area contributed by atoms with E-state index in [-0.39, 0.29) is 5.91 Å². The topological polar surface area (TPSA) is 77.2 Å². The monoisotopic (exact) mass is 279 g/mol. The van der Waals surface area contributed by atoms with E-state index < -0.39 is 0 Å². The quantitative estimate of drug-likeness (QED) is 0.763. The third kappa shape index (κ3) is 3.82. The first-order valence-corrected chi connectivity index (χ1v) is 7.06. The van der Waals surface area contributed by atoms with Gasteiger partial charge in [0.25, 0.3) is 0 Å². The highest BCUT2D eigenvalue weighted by Crippen LogP contribution is 2.29. The molecule has 1 aromatic heterocycles. The van der Waals surface area contributed by atoms with Gasteiger partial charge in [-0.15, -0.1) is 0 Å². The van der Waals surface area contributed by atoms with E-state index >= 15 is 0 Å². The number of nitrogens with one attached hydrogen (secondary N) is 1. The molecule has 0 aliphatic rings. The molecule has 0 saturated heterocycles. The smallest absolute Gasteiger partial charge is 0.217 e. The number of nitrogens with two attached hydrogens (primary N) is 1. The normalized spacial score (nSPS) is 10.6. The molecule has 102 valence electrons. The van der Waals surface area contributed by atoms with Crippen molar-refractivity contribution in [3.63, 3.8) is 0 Å². The molecule has 0 radical (unpaired) electrons. The number of thiazole rings is 1. The van der Waals surface area contributed by atoms with Crippen molar-refractivity contribution in [1.29, 1.82) is 0 Å². The number of ether oxygens (including phenoxy) is 1. The van der Waals surface area contributed by atoms with Crippen LogP contribution in [0.4, 0.5) is 5.13 Å². The van der Waals surface area contributed by atoms with Gasteiger partial charge in [-0.1, -0.05) is 11.3 Å². The highest BCUT2D eigenvalue weighted by Gasteiger charge is 2.05. The number of aromatic nitrogens is 1. The number of hydrogen-bond donors (Lipinski definition) is 2. The van der Waals surface area contributed by atoms with E-state index in [0.29, 0.717) is 19.6 Å². The Morgan fingerprint density at radius 1 is 1.53 bits per heavy atom. The maximum Gasteiger partial charge on any atom is 0.217 e. The van der Waals surface area contributed by atoms with Crippen molar-refractivity contribution in [3.8, 4) is 5.75 Å². The van der Waals surface area contributed by atoms with Crippen LogP contribution in [0.5, 0.6) is 5.75 Å². The number of fused-ring (bicyclic) bond motifs is 1. The summed E-state index contributed by atoms with van der Waals surface area (Å²) in [6, 6.07) is 5.86. The molecule has 1 amide bonds. The standard InChI is InChI=1S/C13H17N3O2S/c1-2-18-9-5-6-10-11(8-9)19-13(16-10)15-7-3-4-12(14)17/h5-6,8H,2-4,7H2,1H3,(H2,14,17)(H,15,16). The van der Waals surface area contributed by atoms with Crippen molar-refractivity contribution in [3.05, 3.63) is 18.2 Å². The zero-order valence-corrected chi connectivity index (χ0v) is 11.6. The molecule has 6 heteroatoms. The molecule has 0 bridgehead atoms. The SMILES string of the molecule is CCOc1ccc2nc(NCCCC(N)=O)sc2c1. The number of hydrogen-bond acceptors (Lipinski definition) is 5. The molecule has 1 aromatic carbocycles. The first-order valence-electron chi connectivity index (χ1n) is 6.24. The molecular formula is C13H17N3O2S. The van der Waals surface area contributed by atoms with E-state index in [1.54, 1.807) is 11.3 Å². The van der Waals surface area contributed by atoms with Crippen LogP contribution in [-0.4, -0.2) is 24.0 Å². The Labute approximate surface area is 115 Å². The Balaban J connectivity index is 1.98. The molecule has 0 unspecified atom stereocenters. The lowest BCUT2D eigenvalue weighted by molar-refractivity contribution is -0.118. The lowest BCUT2D eigenvalue weighted by atomic mass is 10.3. The molecule has 0 spiro atoms. The van der Waals surface area contributed by atoms with Gasteiger partial charge in [0.15, 0.2) is 5.13 Å². The molecule has 5 nitrogen and oxygen atoms in total. The average molecular weight is 279 g/mol. The van der Waals surface area contributed by atoms with E-state index in [1.807, 2.05) is 25.1 Å². The number of carbonyl (C=O) groups excluding carboxylic acids is 1. The molecule has 0 saturated carbocycles. The third-order valence-corrected chi connectivity index (χ3v) is 3.52. The van der Waals surface area contributed by atoms with Gasteiger partial charge in [0, 0.05) is 13.0 Å². The number of carbonyl (C=O) groups is 1. The summed E-state index contributed by atoms with van der Waals surface area (Å²) in [6.07, 6.45) is 1.11. The minimum absolute atomic E-state index is 0.271. The molecule has 19 heavy (non-hydrogen) atoms.